The highest BCUT2D eigenvalue weighted by atomic mass is 32.2. The van der Waals surface area contributed by atoms with Crippen molar-refractivity contribution in [3.63, 3.8) is 0 Å². The van der Waals surface area contributed by atoms with Crippen molar-refractivity contribution in [3.8, 4) is 0 Å². The molecule has 2 unspecified atom stereocenters. The maximum absolute atomic E-state index is 13.2. The fourth-order valence-electron chi connectivity index (χ4n) is 4.79. The molecule has 0 spiro atoms. The molecule has 0 aromatic heterocycles. The van der Waals surface area contributed by atoms with E-state index in [2.05, 4.69) is 41.4 Å². The molecule has 0 saturated carbocycles. The van der Waals surface area contributed by atoms with Crippen LogP contribution in [-0.2, 0) is 14.8 Å². The van der Waals surface area contributed by atoms with Crippen molar-refractivity contribution in [1.82, 2.24) is 9.62 Å². The van der Waals surface area contributed by atoms with Crippen molar-refractivity contribution in [1.29, 1.82) is 0 Å². The van der Waals surface area contributed by atoms with Crippen molar-refractivity contribution in [2.24, 2.45) is 11.8 Å². The summed E-state index contributed by atoms with van der Waals surface area (Å²) in [5.74, 6) is -0.254. The first kappa shape index (κ1) is 24.7. The SMILES string of the molecule is CC1CCN(c2ccc(C(C)NC(=O)C3CCCN(S(=O)(=O)c4ccc(F)cc4)C3)cc2)CC1. The Morgan fingerprint density at radius 2 is 1.65 bits per heavy atom. The van der Waals surface area contributed by atoms with Crippen LogP contribution in [-0.4, -0.2) is 44.8 Å². The van der Waals surface area contributed by atoms with E-state index in [4.69, 9.17) is 0 Å². The zero-order chi connectivity index (χ0) is 24.3. The second-order valence-electron chi connectivity index (χ2n) is 9.65. The smallest absolute Gasteiger partial charge is 0.243 e. The zero-order valence-corrected chi connectivity index (χ0v) is 20.7. The first-order valence-corrected chi connectivity index (χ1v) is 13.6. The number of piperidine rings is 2. The minimum absolute atomic E-state index is 0.0478. The molecule has 2 aromatic rings. The molecule has 2 aliphatic rings. The number of hydrogen-bond acceptors (Lipinski definition) is 4. The molecule has 2 heterocycles. The van der Waals surface area contributed by atoms with Crippen LogP contribution in [0.25, 0.3) is 0 Å². The number of nitrogens with zero attached hydrogens (tertiary/aromatic N) is 2. The Bertz CT molecular complexity index is 1080. The highest BCUT2D eigenvalue weighted by Gasteiger charge is 2.33. The quantitative estimate of drug-likeness (QED) is 0.658. The number of carbonyl (C=O) groups excluding carboxylic acids is 1. The van der Waals surface area contributed by atoms with Crippen LogP contribution in [0.15, 0.2) is 53.4 Å². The molecule has 6 nitrogen and oxygen atoms in total. The van der Waals surface area contributed by atoms with Crippen molar-refractivity contribution in [2.75, 3.05) is 31.1 Å². The number of carbonyl (C=O) groups is 1. The van der Waals surface area contributed by atoms with Crippen LogP contribution in [0.2, 0.25) is 0 Å². The van der Waals surface area contributed by atoms with Crippen LogP contribution in [0.5, 0.6) is 0 Å². The number of halogens is 1. The van der Waals surface area contributed by atoms with Gasteiger partial charge in [-0.25, -0.2) is 12.8 Å². The lowest BCUT2D eigenvalue weighted by Gasteiger charge is -2.32. The summed E-state index contributed by atoms with van der Waals surface area (Å²) in [5.41, 5.74) is 2.23. The molecule has 2 atom stereocenters. The Balaban J connectivity index is 1.36. The van der Waals surface area contributed by atoms with E-state index in [0.29, 0.717) is 19.4 Å². The monoisotopic (exact) mass is 487 g/mol. The van der Waals surface area contributed by atoms with Gasteiger partial charge in [0.25, 0.3) is 0 Å². The third-order valence-electron chi connectivity index (χ3n) is 7.11. The van der Waals surface area contributed by atoms with Gasteiger partial charge in [0.2, 0.25) is 15.9 Å². The van der Waals surface area contributed by atoms with Gasteiger partial charge in [-0.15, -0.1) is 0 Å². The molecule has 1 N–H and O–H groups in total. The first-order valence-electron chi connectivity index (χ1n) is 12.1. The van der Waals surface area contributed by atoms with E-state index in [9.17, 15) is 17.6 Å². The molecule has 8 heteroatoms. The fourth-order valence-corrected chi connectivity index (χ4v) is 6.31. The molecule has 34 heavy (non-hydrogen) atoms. The lowest BCUT2D eigenvalue weighted by atomic mass is 9.97. The molecule has 2 saturated heterocycles. The van der Waals surface area contributed by atoms with Gasteiger partial charge in [-0.3, -0.25) is 4.79 Å². The summed E-state index contributed by atoms with van der Waals surface area (Å²) in [7, 11) is -3.76. The second-order valence-corrected chi connectivity index (χ2v) is 11.6. The second kappa shape index (κ2) is 10.4. The summed E-state index contributed by atoms with van der Waals surface area (Å²) in [6.07, 6.45) is 3.67. The van der Waals surface area contributed by atoms with Crippen molar-refractivity contribution in [3.05, 3.63) is 59.9 Å². The van der Waals surface area contributed by atoms with Crippen LogP contribution in [0.4, 0.5) is 10.1 Å². The Labute approximate surface area is 202 Å². The molecule has 2 fully saturated rings. The molecule has 184 valence electrons. The molecular formula is C26H34FN3O3S. The van der Waals surface area contributed by atoms with Crippen LogP contribution in [0.3, 0.4) is 0 Å². The van der Waals surface area contributed by atoms with Crippen molar-refractivity contribution >= 4 is 21.6 Å². The van der Waals surface area contributed by atoms with Gasteiger partial charge in [-0.05, 0) is 80.5 Å². The van der Waals surface area contributed by atoms with Gasteiger partial charge >= 0.3 is 0 Å². The molecule has 0 aliphatic carbocycles. The highest BCUT2D eigenvalue weighted by Crippen LogP contribution is 2.27. The Kier molecular flexibility index (Phi) is 7.57. The molecule has 4 rings (SSSR count). The minimum Gasteiger partial charge on any atom is -0.372 e. The Hall–Kier alpha value is -2.45. The number of amides is 1. The summed E-state index contributed by atoms with van der Waals surface area (Å²) in [6.45, 7) is 6.89. The topological polar surface area (TPSA) is 69.7 Å². The summed E-state index contributed by atoms with van der Waals surface area (Å²) in [4.78, 5) is 15.4. The van der Waals surface area contributed by atoms with Gasteiger partial charge in [-0.1, -0.05) is 19.1 Å². The third kappa shape index (κ3) is 5.61. The fraction of sp³-hybridized carbons (Fsp3) is 0.500. The summed E-state index contributed by atoms with van der Waals surface area (Å²) >= 11 is 0. The summed E-state index contributed by atoms with van der Waals surface area (Å²) in [5, 5.41) is 3.07. The van der Waals surface area contributed by atoms with Gasteiger partial charge in [0.05, 0.1) is 16.9 Å². The molecule has 0 bridgehead atoms. The van der Waals surface area contributed by atoms with E-state index in [1.807, 2.05) is 6.92 Å². The summed E-state index contributed by atoms with van der Waals surface area (Å²) in [6, 6.07) is 13.0. The largest absolute Gasteiger partial charge is 0.372 e. The third-order valence-corrected chi connectivity index (χ3v) is 8.99. The van der Waals surface area contributed by atoms with Gasteiger partial charge in [-0.2, -0.15) is 4.31 Å². The zero-order valence-electron chi connectivity index (χ0n) is 19.9. The van der Waals surface area contributed by atoms with Gasteiger partial charge in [0, 0.05) is 31.9 Å². The highest BCUT2D eigenvalue weighted by molar-refractivity contribution is 7.89. The molecule has 2 aromatic carbocycles. The minimum atomic E-state index is -3.76. The molecule has 1 amide bonds. The number of benzene rings is 2. The lowest BCUT2D eigenvalue weighted by molar-refractivity contribution is -0.126. The van der Waals surface area contributed by atoms with E-state index < -0.39 is 21.8 Å². The Morgan fingerprint density at radius 3 is 2.29 bits per heavy atom. The summed E-state index contributed by atoms with van der Waals surface area (Å²) < 4.78 is 40.5. The van der Waals surface area contributed by atoms with E-state index >= 15 is 0 Å². The average Bonchev–Trinajstić information content (AvgIpc) is 2.85. The Morgan fingerprint density at radius 1 is 1.00 bits per heavy atom. The molecular weight excluding hydrogens is 453 g/mol. The molecule has 2 aliphatic heterocycles. The number of rotatable bonds is 6. The van der Waals surface area contributed by atoms with Crippen molar-refractivity contribution < 1.29 is 17.6 Å². The predicted molar refractivity (Wildman–Crippen MR) is 131 cm³/mol. The van der Waals surface area contributed by atoms with Gasteiger partial charge in [0.1, 0.15) is 5.82 Å². The van der Waals surface area contributed by atoms with Gasteiger partial charge in [0.15, 0.2) is 0 Å². The van der Waals surface area contributed by atoms with Crippen LogP contribution < -0.4 is 10.2 Å². The number of hydrogen-bond donors (Lipinski definition) is 1. The van der Waals surface area contributed by atoms with Crippen LogP contribution in [0, 0.1) is 17.7 Å². The normalized spacial score (nSPS) is 21.3. The van der Waals surface area contributed by atoms with E-state index in [1.54, 1.807) is 0 Å². The maximum Gasteiger partial charge on any atom is 0.243 e. The van der Waals surface area contributed by atoms with Crippen LogP contribution in [0.1, 0.15) is 51.1 Å². The maximum atomic E-state index is 13.2. The standard InChI is InChI=1S/C26H34FN3O3S/c1-19-13-16-29(17-14-19)24-9-5-21(6-10-24)20(2)28-26(31)22-4-3-15-30(18-22)34(32,33)25-11-7-23(27)8-12-25/h5-12,19-20,22H,3-4,13-18H2,1-2H3,(H,28,31). The van der Waals surface area contributed by atoms with E-state index in [-0.39, 0.29) is 23.4 Å². The number of anilines is 1. The number of sulfonamides is 1. The number of nitrogens with one attached hydrogen (secondary N) is 1. The lowest BCUT2D eigenvalue weighted by Crippen LogP contribution is -2.45. The van der Waals surface area contributed by atoms with Crippen LogP contribution >= 0.6 is 0 Å². The average molecular weight is 488 g/mol. The van der Waals surface area contributed by atoms with E-state index in [1.165, 1.54) is 35.0 Å². The van der Waals surface area contributed by atoms with Gasteiger partial charge < -0.3 is 10.2 Å². The van der Waals surface area contributed by atoms with E-state index in [0.717, 1.165) is 36.7 Å². The predicted octanol–water partition coefficient (Wildman–Crippen LogP) is 4.34. The molecule has 0 radical (unpaired) electrons. The first-order chi connectivity index (χ1) is 16.2. The van der Waals surface area contributed by atoms with Crippen molar-refractivity contribution in [2.45, 2.75) is 50.5 Å².